The van der Waals surface area contributed by atoms with Gasteiger partial charge in [0.2, 0.25) is 11.8 Å². The van der Waals surface area contributed by atoms with E-state index in [2.05, 4.69) is 36.7 Å². The summed E-state index contributed by atoms with van der Waals surface area (Å²) in [7, 11) is 3.23. The van der Waals surface area contributed by atoms with Crippen molar-refractivity contribution in [3.8, 4) is 16.9 Å². The van der Waals surface area contributed by atoms with Crippen LogP contribution >= 0.6 is 11.6 Å². The molecule has 2 aromatic carbocycles. The van der Waals surface area contributed by atoms with Crippen molar-refractivity contribution in [1.29, 1.82) is 0 Å². The number of rotatable bonds is 8. The van der Waals surface area contributed by atoms with E-state index in [1.807, 2.05) is 18.2 Å². The summed E-state index contributed by atoms with van der Waals surface area (Å²) in [4.78, 5) is 41.0. The van der Waals surface area contributed by atoms with Crippen LogP contribution in [0.1, 0.15) is 55.6 Å². The Morgan fingerprint density at radius 1 is 1.04 bits per heavy atom. The van der Waals surface area contributed by atoms with Crippen molar-refractivity contribution in [3.05, 3.63) is 75.0 Å². The molecule has 2 amide bonds. The highest BCUT2D eigenvalue weighted by molar-refractivity contribution is 6.31. The molecule has 258 valence electrons. The quantitative estimate of drug-likeness (QED) is 0.226. The number of fused-ring (bicyclic) bond motifs is 1. The molecule has 3 fully saturated rings. The van der Waals surface area contributed by atoms with Crippen LogP contribution in [0.15, 0.2) is 47.5 Å². The zero-order chi connectivity index (χ0) is 34.2. The Morgan fingerprint density at radius 3 is 2.53 bits per heavy atom. The number of nitrogens with one attached hydrogen (secondary N) is 3. The number of amides is 2. The Labute approximate surface area is 288 Å². The van der Waals surface area contributed by atoms with Gasteiger partial charge < -0.3 is 19.5 Å². The molecule has 0 aliphatic carbocycles. The van der Waals surface area contributed by atoms with E-state index in [9.17, 15) is 14.4 Å². The van der Waals surface area contributed by atoms with Gasteiger partial charge in [0.15, 0.2) is 0 Å². The maximum Gasteiger partial charge on any atom is 0.276 e. The van der Waals surface area contributed by atoms with Crippen LogP contribution in [0.3, 0.4) is 0 Å². The van der Waals surface area contributed by atoms with Gasteiger partial charge in [-0.2, -0.15) is 5.10 Å². The number of anilines is 1. The predicted octanol–water partition coefficient (Wildman–Crippen LogP) is 4.79. The number of aryl methyl sites for hydroxylation is 1. The lowest BCUT2D eigenvalue weighted by molar-refractivity contribution is -0.133. The number of carbonyl (C=O) groups excluding carboxylic acids is 2. The van der Waals surface area contributed by atoms with Crippen molar-refractivity contribution in [2.75, 3.05) is 38.6 Å². The zero-order valence-electron chi connectivity index (χ0n) is 27.7. The Hall–Kier alpha value is -4.26. The number of aromatic nitrogens is 3. The fourth-order valence-corrected chi connectivity index (χ4v) is 8.04. The number of aromatic amines is 1. The molecule has 0 radical (unpaired) electrons. The van der Waals surface area contributed by atoms with Gasteiger partial charge in [-0.25, -0.2) is 4.39 Å². The summed E-state index contributed by atoms with van der Waals surface area (Å²) in [5.74, 6) is -0.00182. The molecule has 7 rings (SSSR count). The number of hydrogen-bond acceptors (Lipinski definition) is 8. The molecule has 4 aromatic rings. The number of carbonyl (C=O) groups is 2. The normalized spacial score (nSPS) is 20.1. The van der Waals surface area contributed by atoms with E-state index in [0.717, 1.165) is 63.1 Å². The highest BCUT2D eigenvalue weighted by Crippen LogP contribution is 2.37. The molecular weight excluding hydrogens is 649 g/mol. The van der Waals surface area contributed by atoms with Gasteiger partial charge in [0.05, 0.1) is 13.3 Å². The summed E-state index contributed by atoms with van der Waals surface area (Å²) in [5, 5.41) is 13.7. The number of pyridine rings is 1. The first kappa shape index (κ1) is 33.2. The van der Waals surface area contributed by atoms with Crippen LogP contribution in [0.4, 0.5) is 10.1 Å². The largest absolute Gasteiger partial charge is 0.496 e. The minimum Gasteiger partial charge on any atom is -0.496 e. The summed E-state index contributed by atoms with van der Waals surface area (Å²) in [6.07, 6.45) is 8.17. The van der Waals surface area contributed by atoms with Crippen LogP contribution in [0.2, 0.25) is 5.02 Å². The standard InChI is InChI=1S/C36H41ClFN7O4/c1-43-19-27(26-18-39-42-34(26)36(43)48)22-15-30(38)28(32(16-22)49-2)20-44-11-9-24(10-12-44)45-13-7-21(8-14-45)25-4-3-23(17-29(25)37)40-31-5-6-33(46)41-35(31)47/h3-4,15-19,21,24,31,40H,5-14,20H2,1-2H3,(H,39,42)(H,41,46,47). The maximum atomic E-state index is 15.7. The fourth-order valence-electron chi connectivity index (χ4n) is 7.71. The first-order valence-corrected chi connectivity index (χ1v) is 17.3. The number of ether oxygens (including phenoxy) is 1. The van der Waals surface area contributed by atoms with Gasteiger partial charge in [0.1, 0.15) is 23.1 Å². The number of methoxy groups -OCH3 is 1. The first-order chi connectivity index (χ1) is 23.7. The highest BCUT2D eigenvalue weighted by atomic mass is 35.5. The van der Waals surface area contributed by atoms with E-state index >= 15 is 4.39 Å². The van der Waals surface area contributed by atoms with Gasteiger partial charge in [0.25, 0.3) is 5.56 Å². The second-order valence-electron chi connectivity index (χ2n) is 13.5. The van der Waals surface area contributed by atoms with Crippen LogP contribution in [0.5, 0.6) is 5.75 Å². The molecule has 49 heavy (non-hydrogen) atoms. The molecule has 11 nitrogen and oxygen atoms in total. The number of nitrogens with zero attached hydrogens (tertiary/aromatic N) is 4. The van der Waals surface area contributed by atoms with Gasteiger partial charge in [-0.1, -0.05) is 17.7 Å². The molecule has 0 spiro atoms. The predicted molar refractivity (Wildman–Crippen MR) is 186 cm³/mol. The van der Waals surface area contributed by atoms with Crippen LogP contribution in [0.25, 0.3) is 22.0 Å². The molecule has 1 unspecified atom stereocenters. The lowest BCUT2D eigenvalue weighted by Crippen LogP contribution is -2.47. The molecule has 3 N–H and O–H groups in total. The maximum absolute atomic E-state index is 15.7. The molecule has 5 heterocycles. The highest BCUT2D eigenvalue weighted by Gasteiger charge is 2.31. The molecule has 3 aliphatic heterocycles. The number of likely N-dealkylation sites (tertiary alicyclic amines) is 2. The Bertz CT molecular complexity index is 1950. The van der Waals surface area contributed by atoms with Crippen molar-refractivity contribution < 1.29 is 18.7 Å². The summed E-state index contributed by atoms with van der Waals surface area (Å²) < 4.78 is 22.9. The van der Waals surface area contributed by atoms with Gasteiger partial charge in [-0.3, -0.25) is 29.7 Å². The third-order valence-corrected chi connectivity index (χ3v) is 10.8. The smallest absolute Gasteiger partial charge is 0.276 e. The van der Waals surface area contributed by atoms with Crippen molar-refractivity contribution in [2.45, 2.75) is 63.1 Å². The van der Waals surface area contributed by atoms with E-state index in [4.69, 9.17) is 16.3 Å². The van der Waals surface area contributed by atoms with Gasteiger partial charge in [-0.15, -0.1) is 0 Å². The van der Waals surface area contributed by atoms with Crippen molar-refractivity contribution >= 4 is 40.0 Å². The second-order valence-corrected chi connectivity index (χ2v) is 13.9. The van der Waals surface area contributed by atoms with Crippen LogP contribution in [-0.4, -0.2) is 81.8 Å². The van der Waals surface area contributed by atoms with Crippen molar-refractivity contribution in [1.82, 2.24) is 29.9 Å². The minimum absolute atomic E-state index is 0.189. The topological polar surface area (TPSA) is 125 Å². The summed E-state index contributed by atoms with van der Waals surface area (Å²) in [6, 6.07) is 9.34. The summed E-state index contributed by atoms with van der Waals surface area (Å²) in [5.41, 5.74) is 3.98. The lowest BCUT2D eigenvalue weighted by Gasteiger charge is -2.42. The van der Waals surface area contributed by atoms with E-state index < -0.39 is 6.04 Å². The van der Waals surface area contributed by atoms with Crippen LogP contribution in [-0.2, 0) is 23.2 Å². The molecule has 3 saturated heterocycles. The Balaban J connectivity index is 0.934. The minimum atomic E-state index is -0.441. The second kappa shape index (κ2) is 13.9. The monoisotopic (exact) mass is 689 g/mol. The zero-order valence-corrected chi connectivity index (χ0v) is 28.5. The van der Waals surface area contributed by atoms with E-state index in [-0.39, 0.29) is 23.2 Å². The SMILES string of the molecule is COc1cc(-c2cn(C)c(=O)c3[nH]ncc23)cc(F)c1CN1CCC(N2CCC(c3ccc(NC4CCC(=O)NC4=O)cc3Cl)CC2)CC1. The molecule has 3 aliphatic rings. The number of hydrogen-bond donors (Lipinski definition) is 3. The van der Waals surface area contributed by atoms with Gasteiger partial charge in [-0.05, 0) is 99.6 Å². The Morgan fingerprint density at radius 2 is 1.82 bits per heavy atom. The van der Waals surface area contributed by atoms with E-state index in [1.54, 1.807) is 26.6 Å². The lowest BCUT2D eigenvalue weighted by atomic mass is 9.87. The fraction of sp³-hybridized carbons (Fsp3) is 0.444. The number of halogens is 2. The molecule has 1 atom stereocenters. The molecule has 0 bridgehead atoms. The van der Waals surface area contributed by atoms with E-state index in [1.165, 1.54) is 10.6 Å². The summed E-state index contributed by atoms with van der Waals surface area (Å²) >= 11 is 6.74. The third-order valence-electron chi connectivity index (χ3n) is 10.5. The van der Waals surface area contributed by atoms with Crippen LogP contribution < -0.4 is 20.9 Å². The van der Waals surface area contributed by atoms with Gasteiger partial charge >= 0.3 is 0 Å². The van der Waals surface area contributed by atoms with Gasteiger partial charge in [0, 0.05) is 59.5 Å². The number of piperidine rings is 3. The average molecular weight is 690 g/mol. The summed E-state index contributed by atoms with van der Waals surface area (Å²) in [6.45, 7) is 4.21. The van der Waals surface area contributed by atoms with Crippen molar-refractivity contribution in [2.24, 2.45) is 7.05 Å². The van der Waals surface area contributed by atoms with Crippen LogP contribution in [0, 0.1) is 5.82 Å². The number of benzene rings is 2. The Kier molecular flexibility index (Phi) is 9.45. The molecule has 2 aromatic heterocycles. The van der Waals surface area contributed by atoms with E-state index in [0.29, 0.717) is 69.7 Å². The first-order valence-electron chi connectivity index (χ1n) is 16.9. The average Bonchev–Trinajstić information content (AvgIpc) is 3.60. The van der Waals surface area contributed by atoms with Crippen molar-refractivity contribution in [3.63, 3.8) is 0 Å². The number of imide groups is 1. The molecule has 0 saturated carbocycles. The molecular formula is C36H41ClFN7O4. The third kappa shape index (κ3) is 6.82. The molecule has 13 heteroatoms. The number of H-pyrrole nitrogens is 1.